The van der Waals surface area contributed by atoms with Gasteiger partial charge >= 0.3 is 26.2 Å². The van der Waals surface area contributed by atoms with Gasteiger partial charge < -0.3 is 0 Å². The number of hydrogen-bond donors (Lipinski definition) is 0. The Morgan fingerprint density at radius 1 is 0.692 bits per heavy atom. The van der Waals surface area contributed by atoms with Crippen LogP contribution in [-0.4, -0.2) is 10.2 Å². The van der Waals surface area contributed by atoms with E-state index in [1.165, 1.54) is 0 Å². The molecule has 0 amide bonds. The summed E-state index contributed by atoms with van der Waals surface area (Å²) in [6, 6.07) is 20.0. The van der Waals surface area contributed by atoms with Crippen molar-refractivity contribution in [2.24, 2.45) is 0 Å². The SMILES string of the molecule is C[SiH2].[Zr+2].c1cc[cH-]c1.c1cc[cH-]c1. The first-order chi connectivity index (χ1) is 6.00. The third-order valence-electron chi connectivity index (χ3n) is 1.11. The van der Waals surface area contributed by atoms with Crippen molar-refractivity contribution in [3.8, 4) is 0 Å². The maximum absolute atomic E-state index is 2.03. The average Bonchev–Trinajstić information content (AvgIpc) is 2.87. The number of hydrogen-bond acceptors (Lipinski definition) is 0. The molecule has 0 aliphatic carbocycles. The Hall–Kier alpha value is -0.200. The molecule has 0 unspecified atom stereocenters. The zero-order valence-electron chi connectivity index (χ0n) is 7.98. The molecule has 67 valence electrons. The summed E-state index contributed by atoms with van der Waals surface area (Å²) < 4.78 is 0. The molecule has 0 aromatic heterocycles. The van der Waals surface area contributed by atoms with Crippen LogP contribution in [0.2, 0.25) is 6.55 Å². The van der Waals surface area contributed by atoms with Crippen molar-refractivity contribution in [3.05, 3.63) is 60.7 Å². The van der Waals surface area contributed by atoms with E-state index in [0.29, 0.717) is 0 Å². The Morgan fingerprint density at radius 2 is 0.923 bits per heavy atom. The Morgan fingerprint density at radius 3 is 1.00 bits per heavy atom. The summed E-state index contributed by atoms with van der Waals surface area (Å²) in [4.78, 5) is 0. The van der Waals surface area contributed by atoms with Crippen LogP contribution < -0.4 is 0 Å². The van der Waals surface area contributed by atoms with Crippen LogP contribution in [0.25, 0.3) is 0 Å². The van der Waals surface area contributed by atoms with Crippen LogP contribution in [0.1, 0.15) is 0 Å². The standard InChI is InChI=1S/2C5H5.CH5Si.Zr/c2*1-2-4-5-3-1;1-2;/h2*1-5H;2H2,1H3;/q2*-1;;+2. The van der Waals surface area contributed by atoms with Crippen molar-refractivity contribution in [2.75, 3.05) is 0 Å². The normalized spacial score (nSPS) is 6.62. The van der Waals surface area contributed by atoms with Gasteiger partial charge in [-0.2, -0.15) is 36.4 Å². The zero-order chi connectivity index (χ0) is 9.07. The molecule has 2 heteroatoms. The Kier molecular flexibility index (Phi) is 16.8. The first kappa shape index (κ1) is 15.3. The molecular weight excluding hydrogens is 251 g/mol. The molecule has 0 spiro atoms. The van der Waals surface area contributed by atoms with Crippen molar-refractivity contribution in [1.82, 2.24) is 0 Å². The topological polar surface area (TPSA) is 0 Å². The molecular formula is C11H15SiZr. The minimum atomic E-state index is 0. The largest absolute Gasteiger partial charge is 2.00 e. The Balaban J connectivity index is 0. The monoisotopic (exact) mass is 265 g/mol. The molecule has 0 nitrogen and oxygen atoms in total. The van der Waals surface area contributed by atoms with Gasteiger partial charge in [0, 0.05) is 10.2 Å². The fraction of sp³-hybridized carbons (Fsp3) is 0.0909. The summed E-state index contributed by atoms with van der Waals surface area (Å²) in [5.74, 6) is 0. The summed E-state index contributed by atoms with van der Waals surface area (Å²) >= 11 is 0. The minimum Gasteiger partial charge on any atom is -0.214 e. The van der Waals surface area contributed by atoms with Gasteiger partial charge in [-0.15, -0.1) is 0 Å². The predicted octanol–water partition coefficient (Wildman–Crippen LogP) is 2.48. The van der Waals surface area contributed by atoms with Crippen molar-refractivity contribution in [3.63, 3.8) is 0 Å². The van der Waals surface area contributed by atoms with Crippen LogP contribution in [0.15, 0.2) is 60.7 Å². The fourth-order valence-electron chi connectivity index (χ4n) is 0.642. The molecule has 0 heterocycles. The average molecular weight is 267 g/mol. The molecule has 13 heavy (non-hydrogen) atoms. The van der Waals surface area contributed by atoms with Crippen LogP contribution >= 0.6 is 0 Å². The summed E-state index contributed by atoms with van der Waals surface area (Å²) in [6.07, 6.45) is 0. The molecule has 0 aliphatic rings. The predicted molar refractivity (Wildman–Crippen MR) is 58.5 cm³/mol. The van der Waals surface area contributed by atoms with Crippen molar-refractivity contribution >= 4 is 10.2 Å². The van der Waals surface area contributed by atoms with Crippen molar-refractivity contribution in [1.29, 1.82) is 0 Å². The molecule has 2 rings (SSSR count). The van der Waals surface area contributed by atoms with E-state index in [4.69, 9.17) is 0 Å². The third-order valence-corrected chi connectivity index (χ3v) is 1.11. The summed E-state index contributed by atoms with van der Waals surface area (Å²) in [7, 11) is 1.86. The first-order valence-corrected chi connectivity index (χ1v) is 5.45. The van der Waals surface area contributed by atoms with Gasteiger partial charge in [-0.3, -0.25) is 0 Å². The van der Waals surface area contributed by atoms with Gasteiger partial charge in [-0.25, -0.2) is 24.3 Å². The second-order valence-electron chi connectivity index (χ2n) is 1.92. The van der Waals surface area contributed by atoms with E-state index in [-0.39, 0.29) is 26.2 Å². The molecule has 0 saturated heterocycles. The van der Waals surface area contributed by atoms with E-state index in [1.54, 1.807) is 0 Å². The van der Waals surface area contributed by atoms with Crippen LogP contribution in [0.3, 0.4) is 0 Å². The molecule has 2 aromatic carbocycles. The molecule has 0 bridgehead atoms. The van der Waals surface area contributed by atoms with E-state index in [2.05, 4.69) is 0 Å². The van der Waals surface area contributed by atoms with Gasteiger partial charge in [0.05, 0.1) is 0 Å². The fourth-order valence-corrected chi connectivity index (χ4v) is 0.642. The van der Waals surface area contributed by atoms with Crippen LogP contribution in [0.4, 0.5) is 0 Å². The smallest absolute Gasteiger partial charge is 0.214 e. The van der Waals surface area contributed by atoms with E-state index in [1.807, 2.05) is 77.5 Å². The second-order valence-corrected chi connectivity index (χ2v) is 1.92. The maximum Gasteiger partial charge on any atom is 2.00 e. The van der Waals surface area contributed by atoms with Gasteiger partial charge in [-0.05, 0) is 0 Å². The minimum absolute atomic E-state index is 0. The Bertz CT molecular complexity index is 149. The zero-order valence-corrected chi connectivity index (χ0v) is 11.9. The summed E-state index contributed by atoms with van der Waals surface area (Å²) in [5.41, 5.74) is 0. The van der Waals surface area contributed by atoms with Gasteiger partial charge in [0.15, 0.2) is 0 Å². The molecule has 0 aliphatic heterocycles. The molecule has 0 N–H and O–H groups in total. The van der Waals surface area contributed by atoms with Crippen LogP contribution in [0, 0.1) is 0 Å². The molecule has 2 aromatic rings. The van der Waals surface area contributed by atoms with Gasteiger partial charge in [0.1, 0.15) is 0 Å². The molecule has 0 atom stereocenters. The quantitative estimate of drug-likeness (QED) is 0.508. The van der Waals surface area contributed by atoms with Crippen LogP contribution in [-0.2, 0) is 26.2 Å². The Labute approximate surface area is 103 Å². The van der Waals surface area contributed by atoms with Gasteiger partial charge in [-0.1, -0.05) is 6.55 Å². The molecule has 1 radical (unpaired) electrons. The van der Waals surface area contributed by atoms with E-state index in [9.17, 15) is 0 Å². The van der Waals surface area contributed by atoms with E-state index >= 15 is 0 Å². The van der Waals surface area contributed by atoms with Gasteiger partial charge in [0.25, 0.3) is 0 Å². The van der Waals surface area contributed by atoms with E-state index in [0.717, 1.165) is 0 Å². The van der Waals surface area contributed by atoms with Crippen molar-refractivity contribution in [2.45, 2.75) is 6.55 Å². The number of rotatable bonds is 0. The van der Waals surface area contributed by atoms with Crippen molar-refractivity contribution < 1.29 is 26.2 Å². The summed E-state index contributed by atoms with van der Waals surface area (Å²) in [6.45, 7) is 2.03. The second kappa shape index (κ2) is 14.3. The summed E-state index contributed by atoms with van der Waals surface area (Å²) in [5, 5.41) is 0. The third kappa shape index (κ3) is 11.8. The first-order valence-electron chi connectivity index (χ1n) is 4.04. The van der Waals surface area contributed by atoms with Gasteiger partial charge in [0.2, 0.25) is 0 Å². The van der Waals surface area contributed by atoms with E-state index < -0.39 is 0 Å². The molecule has 0 fully saturated rings. The molecule has 0 saturated carbocycles. The van der Waals surface area contributed by atoms with Crippen LogP contribution in [0.5, 0.6) is 0 Å². The maximum atomic E-state index is 2.03.